The van der Waals surface area contributed by atoms with Crippen molar-refractivity contribution in [2.24, 2.45) is 4.99 Å². The lowest BCUT2D eigenvalue weighted by atomic mass is 9.91. The number of benzene rings is 2. The number of likely N-dealkylation sites (N-methyl/N-ethyl adjacent to an activating group) is 1. The van der Waals surface area contributed by atoms with Crippen LogP contribution in [0, 0.1) is 0 Å². The van der Waals surface area contributed by atoms with Gasteiger partial charge in [0.25, 0.3) is 0 Å². The summed E-state index contributed by atoms with van der Waals surface area (Å²) in [6.45, 7) is 5.90. The van der Waals surface area contributed by atoms with Crippen molar-refractivity contribution in [2.45, 2.75) is 12.8 Å². The molecule has 4 heteroatoms. The van der Waals surface area contributed by atoms with E-state index in [4.69, 9.17) is 0 Å². The lowest BCUT2D eigenvalue weighted by molar-refractivity contribution is 0.357. The molecule has 0 aliphatic heterocycles. The van der Waals surface area contributed by atoms with Crippen LogP contribution in [0.2, 0.25) is 0 Å². The van der Waals surface area contributed by atoms with Crippen molar-refractivity contribution in [3.05, 3.63) is 71.8 Å². The maximum absolute atomic E-state index is 4.35. The topological polar surface area (TPSA) is 39.7 Å². The predicted octanol–water partition coefficient (Wildman–Crippen LogP) is 2.94. The zero-order chi connectivity index (χ0) is 17.9. The van der Waals surface area contributed by atoms with Gasteiger partial charge in [-0.1, -0.05) is 67.6 Å². The smallest absolute Gasteiger partial charge is 0.191 e. The van der Waals surface area contributed by atoms with Crippen LogP contribution in [0.4, 0.5) is 0 Å². The highest BCUT2D eigenvalue weighted by Gasteiger charge is 2.14. The summed E-state index contributed by atoms with van der Waals surface area (Å²) >= 11 is 0. The third kappa shape index (κ3) is 6.24. The number of guanidine groups is 1. The van der Waals surface area contributed by atoms with Gasteiger partial charge in [-0.25, -0.2) is 0 Å². The Labute approximate surface area is 152 Å². The van der Waals surface area contributed by atoms with Crippen molar-refractivity contribution in [2.75, 3.05) is 40.3 Å². The van der Waals surface area contributed by atoms with Gasteiger partial charge in [0.05, 0.1) is 0 Å². The van der Waals surface area contributed by atoms with Gasteiger partial charge >= 0.3 is 0 Å². The fraction of sp³-hybridized carbons (Fsp3) is 0.381. The van der Waals surface area contributed by atoms with Gasteiger partial charge in [-0.3, -0.25) is 4.99 Å². The first-order valence-electron chi connectivity index (χ1n) is 8.97. The second kappa shape index (κ2) is 10.5. The monoisotopic (exact) mass is 338 g/mol. The minimum absolute atomic E-state index is 0.291. The third-order valence-corrected chi connectivity index (χ3v) is 4.43. The van der Waals surface area contributed by atoms with Crippen molar-refractivity contribution in [3.8, 4) is 0 Å². The van der Waals surface area contributed by atoms with E-state index in [9.17, 15) is 0 Å². The Balaban J connectivity index is 2.00. The van der Waals surface area contributed by atoms with Gasteiger partial charge in [0.15, 0.2) is 5.96 Å². The minimum atomic E-state index is 0.291. The van der Waals surface area contributed by atoms with Gasteiger partial charge < -0.3 is 15.5 Å². The Hall–Kier alpha value is -2.33. The molecule has 2 rings (SSSR count). The summed E-state index contributed by atoms with van der Waals surface area (Å²) in [5.74, 6) is 1.14. The highest BCUT2D eigenvalue weighted by Crippen LogP contribution is 2.23. The van der Waals surface area contributed by atoms with Crippen LogP contribution >= 0.6 is 0 Å². The van der Waals surface area contributed by atoms with E-state index in [1.165, 1.54) is 11.1 Å². The molecule has 0 spiro atoms. The highest BCUT2D eigenvalue weighted by molar-refractivity contribution is 5.79. The van der Waals surface area contributed by atoms with Gasteiger partial charge in [-0.15, -0.1) is 0 Å². The van der Waals surface area contributed by atoms with E-state index < -0.39 is 0 Å². The van der Waals surface area contributed by atoms with Crippen LogP contribution in [-0.2, 0) is 0 Å². The number of rotatable bonds is 8. The molecule has 2 N–H and O–H groups in total. The molecule has 0 fully saturated rings. The summed E-state index contributed by atoms with van der Waals surface area (Å²) in [5, 5.41) is 6.87. The molecule has 0 amide bonds. The summed E-state index contributed by atoms with van der Waals surface area (Å²) in [5.41, 5.74) is 2.62. The SMILES string of the molecule is CCN(C)CCNC(=NC)NCC(c1ccccc1)c1ccccc1. The van der Waals surface area contributed by atoms with Crippen LogP contribution in [-0.4, -0.2) is 51.1 Å². The van der Waals surface area contributed by atoms with E-state index in [0.29, 0.717) is 5.92 Å². The predicted molar refractivity (Wildman–Crippen MR) is 107 cm³/mol. The van der Waals surface area contributed by atoms with Crippen LogP contribution in [0.15, 0.2) is 65.7 Å². The highest BCUT2D eigenvalue weighted by atomic mass is 15.2. The molecule has 0 heterocycles. The summed E-state index contributed by atoms with van der Waals surface area (Å²) in [6, 6.07) is 21.2. The molecule has 0 atom stereocenters. The molecular formula is C21H30N4. The van der Waals surface area contributed by atoms with E-state index in [2.05, 4.69) is 95.2 Å². The molecule has 0 aliphatic carbocycles. The van der Waals surface area contributed by atoms with E-state index in [1.54, 1.807) is 0 Å². The molecule has 2 aromatic rings. The molecule has 0 aromatic heterocycles. The Morgan fingerprint density at radius 3 is 2.00 bits per heavy atom. The molecule has 0 saturated heterocycles. The standard InChI is InChI=1S/C21H30N4/c1-4-25(3)16-15-23-21(22-2)24-17-20(18-11-7-5-8-12-18)19-13-9-6-10-14-19/h5-14,20H,4,15-17H2,1-3H3,(H2,22,23,24). The number of hydrogen-bond donors (Lipinski definition) is 2. The number of nitrogens with zero attached hydrogens (tertiary/aromatic N) is 2. The molecule has 25 heavy (non-hydrogen) atoms. The van der Waals surface area contributed by atoms with E-state index in [-0.39, 0.29) is 0 Å². The Morgan fingerprint density at radius 1 is 0.960 bits per heavy atom. The first-order valence-corrected chi connectivity index (χ1v) is 8.97. The summed E-state index contributed by atoms with van der Waals surface area (Å²) in [4.78, 5) is 6.62. The Kier molecular flexibility index (Phi) is 7.99. The molecule has 4 nitrogen and oxygen atoms in total. The van der Waals surface area contributed by atoms with Crippen molar-refractivity contribution >= 4 is 5.96 Å². The van der Waals surface area contributed by atoms with Crippen molar-refractivity contribution in [1.29, 1.82) is 0 Å². The summed E-state index contributed by atoms with van der Waals surface area (Å²) in [6.07, 6.45) is 0. The molecule has 0 radical (unpaired) electrons. The van der Waals surface area contributed by atoms with Crippen molar-refractivity contribution in [3.63, 3.8) is 0 Å². The zero-order valence-electron chi connectivity index (χ0n) is 15.6. The van der Waals surface area contributed by atoms with Gasteiger partial charge in [-0.2, -0.15) is 0 Å². The Bertz CT molecular complexity index is 585. The van der Waals surface area contributed by atoms with E-state index in [0.717, 1.165) is 32.1 Å². The second-order valence-corrected chi connectivity index (χ2v) is 6.15. The first kappa shape index (κ1) is 19.0. The number of nitrogens with one attached hydrogen (secondary N) is 2. The first-order chi connectivity index (χ1) is 12.2. The largest absolute Gasteiger partial charge is 0.355 e. The van der Waals surface area contributed by atoms with Crippen LogP contribution in [0.3, 0.4) is 0 Å². The fourth-order valence-electron chi connectivity index (χ4n) is 2.74. The molecule has 2 aromatic carbocycles. The molecule has 0 saturated carbocycles. The molecule has 134 valence electrons. The normalized spacial score (nSPS) is 11.8. The summed E-state index contributed by atoms with van der Waals surface area (Å²) < 4.78 is 0. The molecule has 0 bridgehead atoms. The fourth-order valence-corrected chi connectivity index (χ4v) is 2.74. The average molecular weight is 338 g/mol. The van der Waals surface area contributed by atoms with Crippen LogP contribution in [0.1, 0.15) is 24.0 Å². The third-order valence-electron chi connectivity index (χ3n) is 4.43. The van der Waals surface area contributed by atoms with E-state index in [1.807, 2.05) is 7.05 Å². The van der Waals surface area contributed by atoms with Gasteiger partial charge in [0.2, 0.25) is 0 Å². The minimum Gasteiger partial charge on any atom is -0.355 e. The lowest BCUT2D eigenvalue weighted by Crippen LogP contribution is -2.42. The maximum atomic E-state index is 4.35. The van der Waals surface area contributed by atoms with Crippen molar-refractivity contribution < 1.29 is 0 Å². The Morgan fingerprint density at radius 2 is 1.52 bits per heavy atom. The van der Waals surface area contributed by atoms with Gasteiger partial charge in [0.1, 0.15) is 0 Å². The van der Waals surface area contributed by atoms with Gasteiger partial charge in [0, 0.05) is 32.6 Å². The summed E-state index contributed by atoms with van der Waals surface area (Å²) in [7, 11) is 3.94. The van der Waals surface area contributed by atoms with Crippen molar-refractivity contribution in [1.82, 2.24) is 15.5 Å². The molecular weight excluding hydrogens is 308 g/mol. The van der Waals surface area contributed by atoms with E-state index >= 15 is 0 Å². The molecule has 0 unspecified atom stereocenters. The lowest BCUT2D eigenvalue weighted by Gasteiger charge is -2.21. The number of hydrogen-bond acceptors (Lipinski definition) is 2. The van der Waals surface area contributed by atoms with Crippen LogP contribution < -0.4 is 10.6 Å². The van der Waals surface area contributed by atoms with Crippen LogP contribution in [0.25, 0.3) is 0 Å². The average Bonchev–Trinajstić information content (AvgIpc) is 2.68. The number of aliphatic imine (C=N–C) groups is 1. The van der Waals surface area contributed by atoms with Gasteiger partial charge in [-0.05, 0) is 24.7 Å². The van der Waals surface area contributed by atoms with Crippen LogP contribution in [0.5, 0.6) is 0 Å². The quantitative estimate of drug-likeness (QED) is 0.574. The maximum Gasteiger partial charge on any atom is 0.191 e. The molecule has 0 aliphatic rings. The second-order valence-electron chi connectivity index (χ2n) is 6.15. The zero-order valence-corrected chi connectivity index (χ0v) is 15.6.